The Morgan fingerprint density at radius 3 is 2.58 bits per heavy atom. The van der Waals surface area contributed by atoms with Crippen molar-refractivity contribution in [3.63, 3.8) is 0 Å². The first-order valence-electron chi connectivity index (χ1n) is 9.29. The SMILES string of the molecule is S=C(NCC[NH+]1CCOCC1)N1CCC(Cc2ccccc2)CC1. The maximum atomic E-state index is 5.59. The minimum absolute atomic E-state index is 0.796. The minimum Gasteiger partial charge on any atom is -0.370 e. The number of quaternary nitrogens is 1. The average Bonchev–Trinajstić information content (AvgIpc) is 2.64. The highest BCUT2D eigenvalue weighted by molar-refractivity contribution is 7.80. The van der Waals surface area contributed by atoms with Gasteiger partial charge in [0.1, 0.15) is 13.1 Å². The van der Waals surface area contributed by atoms with Gasteiger partial charge in [-0.25, -0.2) is 0 Å². The number of hydrogen-bond acceptors (Lipinski definition) is 2. The predicted molar refractivity (Wildman–Crippen MR) is 101 cm³/mol. The Labute approximate surface area is 151 Å². The van der Waals surface area contributed by atoms with Crippen molar-refractivity contribution in [3.8, 4) is 0 Å². The molecule has 2 fully saturated rings. The van der Waals surface area contributed by atoms with Gasteiger partial charge in [-0.3, -0.25) is 0 Å². The highest BCUT2D eigenvalue weighted by atomic mass is 32.1. The van der Waals surface area contributed by atoms with E-state index in [2.05, 4.69) is 40.5 Å². The van der Waals surface area contributed by atoms with Crippen LogP contribution in [0.5, 0.6) is 0 Å². The van der Waals surface area contributed by atoms with Crippen LogP contribution in [0, 0.1) is 5.92 Å². The number of morpholine rings is 1. The number of likely N-dealkylation sites (tertiary alicyclic amines) is 1. The first-order valence-corrected chi connectivity index (χ1v) is 9.70. The number of nitrogens with zero attached hydrogens (tertiary/aromatic N) is 1. The Hall–Kier alpha value is -1.17. The van der Waals surface area contributed by atoms with Gasteiger partial charge in [0, 0.05) is 13.1 Å². The number of ether oxygens (including phenoxy) is 1. The van der Waals surface area contributed by atoms with E-state index in [1.165, 1.54) is 24.8 Å². The standard InChI is InChI=1S/C19H29N3OS/c24-19(20-8-11-21-12-14-23-15-13-21)22-9-6-18(7-10-22)16-17-4-2-1-3-5-17/h1-5,18H,6-16H2,(H,20,24)/p+1. The zero-order valence-electron chi connectivity index (χ0n) is 14.5. The van der Waals surface area contributed by atoms with Crippen LogP contribution in [0.1, 0.15) is 18.4 Å². The van der Waals surface area contributed by atoms with Gasteiger partial charge in [-0.2, -0.15) is 0 Å². The molecule has 0 unspecified atom stereocenters. The molecule has 2 aliphatic heterocycles. The van der Waals surface area contributed by atoms with Crippen LogP contribution < -0.4 is 10.2 Å². The second kappa shape index (κ2) is 9.35. The van der Waals surface area contributed by atoms with Crippen molar-refractivity contribution in [3.05, 3.63) is 35.9 Å². The van der Waals surface area contributed by atoms with Crippen LogP contribution in [0.2, 0.25) is 0 Å². The highest BCUT2D eigenvalue weighted by Gasteiger charge is 2.21. The molecule has 1 aromatic carbocycles. The van der Waals surface area contributed by atoms with Crippen molar-refractivity contribution in [1.82, 2.24) is 10.2 Å². The first-order chi connectivity index (χ1) is 11.8. The Morgan fingerprint density at radius 1 is 1.17 bits per heavy atom. The fourth-order valence-corrected chi connectivity index (χ4v) is 3.94. The molecule has 0 atom stereocenters. The lowest BCUT2D eigenvalue weighted by molar-refractivity contribution is -0.906. The van der Waals surface area contributed by atoms with E-state index in [9.17, 15) is 0 Å². The summed E-state index contributed by atoms with van der Waals surface area (Å²) in [6.07, 6.45) is 3.69. The third kappa shape index (κ3) is 5.43. The lowest BCUT2D eigenvalue weighted by atomic mass is 9.90. The number of thiocarbonyl (C=S) groups is 1. The van der Waals surface area contributed by atoms with Gasteiger partial charge in [-0.15, -0.1) is 0 Å². The lowest BCUT2D eigenvalue weighted by Crippen LogP contribution is -3.14. The Balaban J connectivity index is 1.32. The number of hydrogen-bond donors (Lipinski definition) is 2. The van der Waals surface area contributed by atoms with Gasteiger partial charge in [-0.05, 0) is 43.0 Å². The third-order valence-corrected chi connectivity index (χ3v) is 5.63. The largest absolute Gasteiger partial charge is 0.370 e. The molecule has 0 spiro atoms. The average molecular weight is 349 g/mol. The van der Waals surface area contributed by atoms with Gasteiger partial charge < -0.3 is 19.9 Å². The van der Waals surface area contributed by atoms with Crippen LogP contribution in [0.15, 0.2) is 30.3 Å². The van der Waals surface area contributed by atoms with Crippen molar-refractivity contribution >= 4 is 17.3 Å². The van der Waals surface area contributed by atoms with Crippen molar-refractivity contribution in [2.75, 3.05) is 52.5 Å². The molecule has 0 saturated carbocycles. The van der Waals surface area contributed by atoms with Crippen LogP contribution in [-0.4, -0.2) is 62.5 Å². The van der Waals surface area contributed by atoms with E-state index in [-0.39, 0.29) is 0 Å². The van der Waals surface area contributed by atoms with Crippen molar-refractivity contribution in [2.24, 2.45) is 5.92 Å². The molecule has 2 saturated heterocycles. The van der Waals surface area contributed by atoms with E-state index < -0.39 is 0 Å². The summed E-state index contributed by atoms with van der Waals surface area (Å²) in [4.78, 5) is 3.98. The Bertz CT molecular complexity index is 497. The molecule has 0 bridgehead atoms. The number of piperidine rings is 1. The molecule has 0 aromatic heterocycles. The minimum atomic E-state index is 0.796. The maximum absolute atomic E-state index is 5.59. The quantitative estimate of drug-likeness (QED) is 0.768. The summed E-state index contributed by atoms with van der Waals surface area (Å²) in [5, 5.41) is 4.41. The highest BCUT2D eigenvalue weighted by Crippen LogP contribution is 2.21. The summed E-state index contributed by atoms with van der Waals surface area (Å²) < 4.78 is 5.40. The number of nitrogens with one attached hydrogen (secondary N) is 2. The van der Waals surface area contributed by atoms with Crippen molar-refractivity contribution in [1.29, 1.82) is 0 Å². The number of rotatable bonds is 5. The molecule has 2 heterocycles. The van der Waals surface area contributed by atoms with Gasteiger partial charge in [-0.1, -0.05) is 30.3 Å². The first kappa shape index (κ1) is 17.6. The zero-order valence-corrected chi connectivity index (χ0v) is 15.3. The smallest absolute Gasteiger partial charge is 0.169 e. The molecular weight excluding hydrogens is 318 g/mol. The predicted octanol–water partition coefficient (Wildman–Crippen LogP) is 0.731. The van der Waals surface area contributed by atoms with Crippen LogP contribution in [0.3, 0.4) is 0 Å². The second-order valence-corrected chi connectivity index (χ2v) is 7.35. The monoisotopic (exact) mass is 348 g/mol. The van der Waals surface area contributed by atoms with E-state index in [0.717, 1.165) is 63.5 Å². The summed E-state index contributed by atoms with van der Waals surface area (Å²) in [6, 6.07) is 10.9. The van der Waals surface area contributed by atoms with Crippen molar-refractivity contribution < 1.29 is 9.64 Å². The Kier molecular flexibility index (Phi) is 6.87. The zero-order chi connectivity index (χ0) is 16.6. The second-order valence-electron chi connectivity index (χ2n) is 6.96. The van der Waals surface area contributed by atoms with Gasteiger partial charge in [0.05, 0.1) is 26.3 Å². The van der Waals surface area contributed by atoms with Crippen LogP contribution in [0.25, 0.3) is 0 Å². The van der Waals surface area contributed by atoms with E-state index in [4.69, 9.17) is 17.0 Å². The molecule has 0 radical (unpaired) electrons. The van der Waals surface area contributed by atoms with Crippen LogP contribution >= 0.6 is 12.2 Å². The molecular formula is C19H30N3OS+. The van der Waals surface area contributed by atoms with Crippen molar-refractivity contribution in [2.45, 2.75) is 19.3 Å². The molecule has 0 amide bonds. The fourth-order valence-electron chi connectivity index (χ4n) is 3.66. The molecule has 4 nitrogen and oxygen atoms in total. The summed E-state index contributed by atoms with van der Waals surface area (Å²) >= 11 is 5.59. The summed E-state index contributed by atoms with van der Waals surface area (Å²) in [7, 11) is 0. The molecule has 132 valence electrons. The fraction of sp³-hybridized carbons (Fsp3) is 0.632. The van der Waals surface area contributed by atoms with Gasteiger partial charge in [0.25, 0.3) is 0 Å². The van der Waals surface area contributed by atoms with Gasteiger partial charge >= 0.3 is 0 Å². The van der Waals surface area contributed by atoms with Crippen LogP contribution in [0.4, 0.5) is 0 Å². The molecule has 2 N–H and O–H groups in total. The third-order valence-electron chi connectivity index (χ3n) is 5.22. The topological polar surface area (TPSA) is 28.9 Å². The molecule has 24 heavy (non-hydrogen) atoms. The van der Waals surface area contributed by atoms with Gasteiger partial charge in [0.2, 0.25) is 0 Å². The normalized spacial score (nSPS) is 20.1. The van der Waals surface area contributed by atoms with Gasteiger partial charge in [0.15, 0.2) is 5.11 Å². The van der Waals surface area contributed by atoms with E-state index in [0.29, 0.717) is 0 Å². The summed E-state index contributed by atoms with van der Waals surface area (Å²) in [5.74, 6) is 0.796. The van der Waals surface area contributed by atoms with E-state index in [1.807, 2.05) is 0 Å². The molecule has 2 aliphatic rings. The summed E-state index contributed by atoms with van der Waals surface area (Å²) in [6.45, 7) is 8.33. The molecule has 1 aromatic rings. The molecule has 5 heteroatoms. The number of benzene rings is 1. The van der Waals surface area contributed by atoms with E-state index in [1.54, 1.807) is 4.90 Å². The maximum Gasteiger partial charge on any atom is 0.169 e. The van der Waals surface area contributed by atoms with Crippen LogP contribution in [-0.2, 0) is 11.2 Å². The molecule has 0 aliphatic carbocycles. The lowest BCUT2D eigenvalue weighted by Gasteiger charge is -2.34. The van der Waals surface area contributed by atoms with E-state index >= 15 is 0 Å². The Morgan fingerprint density at radius 2 is 1.88 bits per heavy atom. The molecule has 3 rings (SSSR count). The summed E-state index contributed by atoms with van der Waals surface area (Å²) in [5.41, 5.74) is 1.46.